The fourth-order valence-corrected chi connectivity index (χ4v) is 2.86. The van der Waals surface area contributed by atoms with Crippen molar-refractivity contribution in [1.82, 2.24) is 10.6 Å². The maximum Gasteiger partial charge on any atom is 0.303 e. The summed E-state index contributed by atoms with van der Waals surface area (Å²) in [6.45, 7) is 0.568. The topological polar surface area (TPSA) is 102 Å². The molecule has 6 nitrogen and oxygen atoms in total. The highest BCUT2D eigenvalue weighted by Gasteiger charge is 2.18. The van der Waals surface area contributed by atoms with Crippen molar-refractivity contribution in [3.63, 3.8) is 0 Å². The molecule has 0 aliphatic heterocycles. The summed E-state index contributed by atoms with van der Waals surface area (Å²) in [6, 6.07) is 20.8. The molecule has 2 aromatic rings. The predicted molar refractivity (Wildman–Crippen MR) is 111 cm³/mol. The molecule has 0 saturated heterocycles. The summed E-state index contributed by atoms with van der Waals surface area (Å²) in [5.41, 5.74) is 1.85. The zero-order chi connectivity index (χ0) is 20.9. The fourth-order valence-electron chi connectivity index (χ4n) is 2.86. The Morgan fingerprint density at radius 2 is 1.55 bits per heavy atom. The normalized spacial score (nSPS) is 11.0. The van der Waals surface area contributed by atoms with Gasteiger partial charge in [-0.3, -0.25) is 9.59 Å². The molecule has 0 bridgehead atoms. The first kappa shape index (κ1) is 21.7. The molecule has 2 rings (SSSR count). The van der Waals surface area contributed by atoms with Gasteiger partial charge < -0.3 is 15.7 Å². The Bertz CT molecular complexity index is 818. The van der Waals surface area contributed by atoms with Crippen LogP contribution in [0.25, 0.3) is 0 Å². The van der Waals surface area contributed by atoms with E-state index in [9.17, 15) is 14.9 Å². The van der Waals surface area contributed by atoms with Crippen LogP contribution in [0.2, 0.25) is 0 Å². The van der Waals surface area contributed by atoms with Crippen LogP contribution in [0.5, 0.6) is 0 Å². The Balaban J connectivity index is 1.98. The van der Waals surface area contributed by atoms with E-state index in [2.05, 4.69) is 10.6 Å². The minimum Gasteiger partial charge on any atom is -0.481 e. The summed E-state index contributed by atoms with van der Waals surface area (Å²) >= 11 is 0. The first-order chi connectivity index (χ1) is 14.1. The number of carbonyl (C=O) groups excluding carboxylic acids is 1. The van der Waals surface area contributed by atoms with Gasteiger partial charge in [-0.1, -0.05) is 67.1 Å². The van der Waals surface area contributed by atoms with Crippen molar-refractivity contribution in [2.45, 2.75) is 31.7 Å². The van der Waals surface area contributed by atoms with Crippen LogP contribution in [0.4, 0.5) is 0 Å². The summed E-state index contributed by atoms with van der Waals surface area (Å²) in [5.74, 6) is -1.25. The Labute approximate surface area is 170 Å². The molecule has 0 fully saturated rings. The zero-order valence-corrected chi connectivity index (χ0v) is 16.2. The number of benzene rings is 2. The molecule has 150 valence electrons. The van der Waals surface area contributed by atoms with Gasteiger partial charge in [0.25, 0.3) is 5.91 Å². The van der Waals surface area contributed by atoms with E-state index in [1.807, 2.05) is 66.7 Å². The van der Waals surface area contributed by atoms with Crippen LogP contribution in [0, 0.1) is 11.3 Å². The monoisotopic (exact) mass is 391 g/mol. The van der Waals surface area contributed by atoms with Crippen molar-refractivity contribution >= 4 is 11.9 Å². The van der Waals surface area contributed by atoms with E-state index >= 15 is 0 Å². The van der Waals surface area contributed by atoms with Gasteiger partial charge in [0.2, 0.25) is 0 Å². The van der Waals surface area contributed by atoms with Crippen LogP contribution < -0.4 is 10.6 Å². The molecule has 0 saturated carbocycles. The first-order valence-electron chi connectivity index (χ1n) is 9.58. The molecule has 0 unspecified atom stereocenters. The van der Waals surface area contributed by atoms with Crippen LogP contribution >= 0.6 is 0 Å². The zero-order valence-electron chi connectivity index (χ0n) is 16.2. The third kappa shape index (κ3) is 7.51. The van der Waals surface area contributed by atoms with Crippen molar-refractivity contribution in [2.75, 3.05) is 6.54 Å². The lowest BCUT2D eigenvalue weighted by Crippen LogP contribution is -2.31. The van der Waals surface area contributed by atoms with E-state index in [1.54, 1.807) is 0 Å². The third-order valence-electron chi connectivity index (χ3n) is 4.36. The van der Waals surface area contributed by atoms with E-state index < -0.39 is 11.9 Å². The number of nitrogens with zero attached hydrogens (tertiary/aromatic N) is 1. The van der Waals surface area contributed by atoms with Gasteiger partial charge in [0.05, 0.1) is 6.04 Å². The van der Waals surface area contributed by atoms with Gasteiger partial charge in [0.15, 0.2) is 0 Å². The smallest absolute Gasteiger partial charge is 0.303 e. The predicted octanol–water partition coefficient (Wildman–Crippen LogP) is 3.53. The fraction of sp³-hybridized carbons (Fsp3) is 0.261. The third-order valence-corrected chi connectivity index (χ3v) is 4.36. The molecule has 0 atom stereocenters. The number of carboxylic acids is 1. The molecular formula is C23H25N3O3. The Kier molecular flexibility index (Phi) is 8.97. The number of carboxylic acid groups (broad SMARTS) is 1. The van der Waals surface area contributed by atoms with Crippen molar-refractivity contribution in [3.8, 4) is 6.07 Å². The van der Waals surface area contributed by atoms with Crippen molar-refractivity contribution in [1.29, 1.82) is 5.26 Å². The molecule has 2 aromatic carbocycles. The Hall–Kier alpha value is -3.59. The average Bonchev–Trinajstić information content (AvgIpc) is 2.75. The molecule has 0 radical (unpaired) electrons. The number of hydrogen-bond donors (Lipinski definition) is 3. The van der Waals surface area contributed by atoms with E-state index in [1.165, 1.54) is 6.20 Å². The maximum absolute atomic E-state index is 12.7. The van der Waals surface area contributed by atoms with Crippen LogP contribution in [0.15, 0.2) is 72.4 Å². The summed E-state index contributed by atoms with van der Waals surface area (Å²) in [6.07, 6.45) is 3.72. The minimum absolute atomic E-state index is 0.00704. The number of rotatable bonds is 11. The van der Waals surface area contributed by atoms with Gasteiger partial charge in [0.1, 0.15) is 11.6 Å². The molecular weight excluding hydrogens is 366 g/mol. The lowest BCUT2D eigenvalue weighted by atomic mass is 9.98. The summed E-state index contributed by atoms with van der Waals surface area (Å²) < 4.78 is 0. The molecule has 29 heavy (non-hydrogen) atoms. The highest BCUT2D eigenvalue weighted by molar-refractivity contribution is 5.97. The van der Waals surface area contributed by atoms with Crippen LogP contribution in [-0.2, 0) is 9.59 Å². The lowest BCUT2D eigenvalue weighted by Gasteiger charge is -2.19. The summed E-state index contributed by atoms with van der Waals surface area (Å²) in [4.78, 5) is 23.1. The number of carbonyl (C=O) groups is 2. The molecule has 0 aliphatic carbocycles. The quantitative estimate of drug-likeness (QED) is 0.309. The van der Waals surface area contributed by atoms with E-state index in [-0.39, 0.29) is 18.0 Å². The van der Waals surface area contributed by atoms with Crippen molar-refractivity contribution in [2.24, 2.45) is 0 Å². The number of amides is 1. The number of hydrogen-bond acceptors (Lipinski definition) is 4. The van der Waals surface area contributed by atoms with Crippen LogP contribution in [0.3, 0.4) is 0 Å². The van der Waals surface area contributed by atoms with E-state index in [4.69, 9.17) is 5.11 Å². The lowest BCUT2D eigenvalue weighted by molar-refractivity contribution is -0.137. The number of nitrogens with one attached hydrogen (secondary N) is 2. The average molecular weight is 391 g/mol. The van der Waals surface area contributed by atoms with Crippen molar-refractivity contribution < 1.29 is 14.7 Å². The maximum atomic E-state index is 12.7. The molecule has 0 aromatic heterocycles. The summed E-state index contributed by atoms with van der Waals surface area (Å²) in [7, 11) is 0. The van der Waals surface area contributed by atoms with Crippen LogP contribution in [-0.4, -0.2) is 23.5 Å². The molecule has 6 heteroatoms. The second-order valence-electron chi connectivity index (χ2n) is 6.56. The minimum atomic E-state index is -0.798. The molecule has 0 spiro atoms. The van der Waals surface area contributed by atoms with E-state index in [0.717, 1.165) is 24.0 Å². The van der Waals surface area contributed by atoms with Gasteiger partial charge in [0, 0.05) is 19.2 Å². The number of nitriles is 1. The SMILES string of the molecule is N#C/C(=C/NCCCCCC(=O)O)C(=O)NC(c1ccccc1)c1ccccc1. The largest absolute Gasteiger partial charge is 0.481 e. The second kappa shape index (κ2) is 12.0. The van der Waals surface area contributed by atoms with Gasteiger partial charge in [-0.15, -0.1) is 0 Å². The number of aliphatic carboxylic acids is 1. The second-order valence-corrected chi connectivity index (χ2v) is 6.56. The number of unbranched alkanes of at least 4 members (excludes halogenated alkanes) is 2. The van der Waals surface area contributed by atoms with Crippen LogP contribution in [0.1, 0.15) is 42.9 Å². The molecule has 0 aliphatic rings. The Morgan fingerprint density at radius 3 is 2.07 bits per heavy atom. The van der Waals surface area contributed by atoms with Gasteiger partial charge >= 0.3 is 5.97 Å². The molecule has 3 N–H and O–H groups in total. The highest BCUT2D eigenvalue weighted by Crippen LogP contribution is 2.22. The molecule has 0 heterocycles. The Morgan fingerprint density at radius 1 is 0.966 bits per heavy atom. The van der Waals surface area contributed by atoms with Gasteiger partial charge in [-0.25, -0.2) is 0 Å². The first-order valence-corrected chi connectivity index (χ1v) is 9.58. The standard InChI is InChI=1S/C23H25N3O3/c24-16-20(17-25-15-9-3-8-14-21(27)28)23(29)26-22(18-10-4-1-5-11-18)19-12-6-2-7-13-19/h1-2,4-7,10-13,17,22,25H,3,8-9,14-15H2,(H,26,29)(H,27,28)/b20-17-. The van der Waals surface area contributed by atoms with Gasteiger partial charge in [-0.05, 0) is 24.0 Å². The molecule has 1 amide bonds. The highest BCUT2D eigenvalue weighted by atomic mass is 16.4. The van der Waals surface area contributed by atoms with E-state index in [0.29, 0.717) is 13.0 Å². The van der Waals surface area contributed by atoms with Gasteiger partial charge in [-0.2, -0.15) is 5.26 Å². The van der Waals surface area contributed by atoms with Crippen molar-refractivity contribution in [3.05, 3.63) is 83.6 Å². The summed E-state index contributed by atoms with van der Waals surface area (Å²) in [5, 5.41) is 23.9.